The number of aliphatic hydroxyl groups excluding tert-OH is 1. The van der Waals surface area contributed by atoms with E-state index in [-0.39, 0.29) is 13.0 Å². The van der Waals surface area contributed by atoms with Gasteiger partial charge in [0.05, 0.1) is 11.7 Å². The van der Waals surface area contributed by atoms with Crippen LogP contribution in [-0.2, 0) is 4.79 Å². The number of hydrogen-bond acceptors (Lipinski definition) is 3. The minimum Gasteiger partial charge on any atom is -0.480 e. The van der Waals surface area contributed by atoms with Gasteiger partial charge in [-0.3, -0.25) is 4.79 Å². The molecule has 102 valence electrons. The van der Waals surface area contributed by atoms with Crippen molar-refractivity contribution >= 4 is 39.4 Å². The van der Waals surface area contributed by atoms with Gasteiger partial charge in [0.25, 0.3) is 5.91 Å². The predicted octanol–water partition coefficient (Wildman–Crippen LogP) is 1.76. The fourth-order valence-corrected chi connectivity index (χ4v) is 2.94. The lowest BCUT2D eigenvalue weighted by molar-refractivity contribution is -0.141. The van der Waals surface area contributed by atoms with Gasteiger partial charge in [0, 0.05) is 22.5 Å². The van der Waals surface area contributed by atoms with Crippen LogP contribution in [0.3, 0.4) is 0 Å². The maximum absolute atomic E-state index is 12.3. The van der Waals surface area contributed by atoms with Crippen molar-refractivity contribution < 1.29 is 19.8 Å². The molecule has 1 fully saturated rings. The molecule has 0 bridgehead atoms. The van der Waals surface area contributed by atoms with Crippen LogP contribution in [0.15, 0.2) is 22.7 Å². The monoisotopic (exact) mass is 347 g/mol. The van der Waals surface area contributed by atoms with Gasteiger partial charge >= 0.3 is 5.97 Å². The van der Waals surface area contributed by atoms with E-state index in [1.54, 1.807) is 12.1 Å². The van der Waals surface area contributed by atoms with Crippen LogP contribution in [-0.4, -0.2) is 45.7 Å². The lowest BCUT2D eigenvalue weighted by atomic mass is 10.1. The molecule has 0 radical (unpaired) electrons. The summed E-state index contributed by atoms with van der Waals surface area (Å²) < 4.78 is 0.496. The van der Waals surface area contributed by atoms with Crippen LogP contribution in [0.1, 0.15) is 16.8 Å². The molecule has 0 aliphatic carbocycles. The van der Waals surface area contributed by atoms with Gasteiger partial charge in [-0.2, -0.15) is 0 Å². The summed E-state index contributed by atoms with van der Waals surface area (Å²) in [6.45, 7) is 0.0187. The van der Waals surface area contributed by atoms with E-state index in [1.807, 2.05) is 0 Å². The number of aliphatic hydroxyl groups is 1. The second-order valence-electron chi connectivity index (χ2n) is 4.33. The Kier molecular flexibility index (Phi) is 4.13. The molecule has 0 aromatic heterocycles. The van der Waals surface area contributed by atoms with E-state index < -0.39 is 24.0 Å². The van der Waals surface area contributed by atoms with E-state index in [4.69, 9.17) is 16.7 Å². The maximum atomic E-state index is 12.3. The fourth-order valence-electron chi connectivity index (χ4n) is 2.09. The molecule has 7 heteroatoms. The summed E-state index contributed by atoms with van der Waals surface area (Å²) in [4.78, 5) is 24.6. The highest BCUT2D eigenvalue weighted by Crippen LogP contribution is 2.26. The van der Waals surface area contributed by atoms with Gasteiger partial charge in [-0.15, -0.1) is 0 Å². The van der Waals surface area contributed by atoms with Gasteiger partial charge < -0.3 is 15.1 Å². The largest absolute Gasteiger partial charge is 0.480 e. The van der Waals surface area contributed by atoms with E-state index in [0.29, 0.717) is 15.1 Å². The SMILES string of the molecule is O=C(O)[C@@H]1C[C@H](O)CN1C(=O)c1ccc(Cl)cc1Br. The number of carboxylic acids is 1. The van der Waals surface area contributed by atoms with Crippen LogP contribution in [0.5, 0.6) is 0 Å². The fraction of sp³-hybridized carbons (Fsp3) is 0.333. The minimum atomic E-state index is -1.12. The lowest BCUT2D eigenvalue weighted by Gasteiger charge is -2.21. The smallest absolute Gasteiger partial charge is 0.326 e. The van der Waals surface area contributed by atoms with Crippen LogP contribution in [0.2, 0.25) is 5.02 Å². The van der Waals surface area contributed by atoms with Crippen LogP contribution in [0.4, 0.5) is 0 Å². The van der Waals surface area contributed by atoms with Gasteiger partial charge in [0.2, 0.25) is 0 Å². The second-order valence-corrected chi connectivity index (χ2v) is 5.62. The minimum absolute atomic E-state index is 0.0187. The zero-order valence-corrected chi connectivity index (χ0v) is 12.1. The molecule has 1 heterocycles. The van der Waals surface area contributed by atoms with Crippen molar-refractivity contribution in [1.29, 1.82) is 0 Å². The van der Waals surface area contributed by atoms with Crippen molar-refractivity contribution in [3.63, 3.8) is 0 Å². The number of halogens is 2. The topological polar surface area (TPSA) is 77.8 Å². The molecule has 1 aliphatic heterocycles. The Morgan fingerprint density at radius 1 is 1.42 bits per heavy atom. The third-order valence-electron chi connectivity index (χ3n) is 2.99. The standard InChI is InChI=1S/C12H11BrClNO4/c13-9-3-6(14)1-2-8(9)11(17)15-5-7(16)4-10(15)12(18)19/h1-3,7,10,16H,4-5H2,(H,18,19)/t7-,10-/m0/s1. The predicted molar refractivity (Wildman–Crippen MR) is 72.2 cm³/mol. The number of benzene rings is 1. The Labute approximate surface area is 122 Å². The first kappa shape index (κ1) is 14.3. The summed E-state index contributed by atoms with van der Waals surface area (Å²) >= 11 is 9.02. The summed E-state index contributed by atoms with van der Waals surface area (Å²) in [6, 6.07) is 3.65. The van der Waals surface area contributed by atoms with E-state index in [9.17, 15) is 14.7 Å². The average Bonchev–Trinajstić information content (AvgIpc) is 2.70. The molecule has 1 aliphatic rings. The van der Waals surface area contributed by atoms with Crippen molar-refractivity contribution in [3.8, 4) is 0 Å². The highest BCUT2D eigenvalue weighted by atomic mass is 79.9. The number of β-amino-alcohol motifs (C(OH)–C–C–N with tert-alkyl or cyclic N) is 1. The first-order valence-corrected chi connectivity index (χ1v) is 6.74. The summed E-state index contributed by atoms with van der Waals surface area (Å²) in [6.07, 6.45) is -0.761. The summed E-state index contributed by atoms with van der Waals surface area (Å²) in [7, 11) is 0. The average molecular weight is 349 g/mol. The quantitative estimate of drug-likeness (QED) is 0.854. The molecule has 1 aromatic carbocycles. The molecule has 2 N–H and O–H groups in total. The molecule has 2 rings (SSSR count). The number of hydrogen-bond donors (Lipinski definition) is 2. The number of rotatable bonds is 2. The molecule has 1 aromatic rings. The van der Waals surface area contributed by atoms with Crippen molar-refractivity contribution in [2.75, 3.05) is 6.54 Å². The zero-order valence-electron chi connectivity index (χ0n) is 9.72. The third kappa shape index (κ3) is 2.91. The number of aliphatic carboxylic acids is 1. The zero-order chi connectivity index (χ0) is 14.2. The Morgan fingerprint density at radius 2 is 2.11 bits per heavy atom. The summed E-state index contributed by atoms with van der Waals surface area (Å²) in [5.41, 5.74) is 0.324. The lowest BCUT2D eigenvalue weighted by Crippen LogP contribution is -2.40. The number of carbonyl (C=O) groups excluding carboxylic acids is 1. The van der Waals surface area contributed by atoms with Gasteiger partial charge in [0.1, 0.15) is 6.04 Å². The van der Waals surface area contributed by atoms with Gasteiger partial charge in [-0.25, -0.2) is 4.79 Å². The molecule has 1 amide bonds. The maximum Gasteiger partial charge on any atom is 0.326 e. The van der Waals surface area contributed by atoms with E-state index in [1.165, 1.54) is 11.0 Å². The Morgan fingerprint density at radius 3 is 2.68 bits per heavy atom. The number of nitrogens with zero attached hydrogens (tertiary/aromatic N) is 1. The molecule has 19 heavy (non-hydrogen) atoms. The van der Waals surface area contributed by atoms with E-state index >= 15 is 0 Å². The van der Waals surface area contributed by atoms with Gasteiger partial charge in [-0.05, 0) is 34.1 Å². The third-order valence-corrected chi connectivity index (χ3v) is 3.88. The van der Waals surface area contributed by atoms with Crippen molar-refractivity contribution in [2.24, 2.45) is 0 Å². The van der Waals surface area contributed by atoms with Crippen LogP contribution < -0.4 is 0 Å². The van der Waals surface area contributed by atoms with Gasteiger partial charge in [0.15, 0.2) is 0 Å². The first-order chi connectivity index (χ1) is 8.90. The van der Waals surface area contributed by atoms with Crippen molar-refractivity contribution in [1.82, 2.24) is 4.90 Å². The Bertz CT molecular complexity index is 536. The Balaban J connectivity index is 2.30. The molecular formula is C12H11BrClNO4. The highest BCUT2D eigenvalue weighted by Gasteiger charge is 2.39. The van der Waals surface area contributed by atoms with E-state index in [0.717, 1.165) is 0 Å². The van der Waals surface area contributed by atoms with Crippen LogP contribution >= 0.6 is 27.5 Å². The molecule has 1 saturated heterocycles. The normalized spacial score (nSPS) is 22.6. The number of carbonyl (C=O) groups is 2. The molecule has 0 spiro atoms. The van der Waals surface area contributed by atoms with Crippen LogP contribution in [0, 0.1) is 0 Å². The van der Waals surface area contributed by atoms with Gasteiger partial charge in [-0.1, -0.05) is 11.6 Å². The van der Waals surface area contributed by atoms with Crippen molar-refractivity contribution in [3.05, 3.63) is 33.3 Å². The summed E-state index contributed by atoms with van der Waals surface area (Å²) in [5, 5.41) is 19.1. The summed E-state index contributed by atoms with van der Waals surface area (Å²) in [5.74, 6) is -1.55. The van der Waals surface area contributed by atoms with Crippen LogP contribution in [0.25, 0.3) is 0 Å². The number of amides is 1. The molecule has 0 saturated carbocycles. The number of likely N-dealkylation sites (tertiary alicyclic amines) is 1. The second kappa shape index (κ2) is 5.48. The number of carboxylic acid groups (broad SMARTS) is 1. The molecule has 0 unspecified atom stereocenters. The molecule has 2 atom stereocenters. The Hall–Kier alpha value is -1.11. The molecule has 5 nitrogen and oxygen atoms in total. The van der Waals surface area contributed by atoms with E-state index in [2.05, 4.69) is 15.9 Å². The first-order valence-electron chi connectivity index (χ1n) is 5.57. The highest BCUT2D eigenvalue weighted by molar-refractivity contribution is 9.10. The van der Waals surface area contributed by atoms with Crippen molar-refractivity contribution in [2.45, 2.75) is 18.6 Å². The molecular weight excluding hydrogens is 337 g/mol.